The van der Waals surface area contributed by atoms with Gasteiger partial charge in [0.25, 0.3) is 0 Å². The molecule has 4 rings (SSSR count). The van der Waals surface area contributed by atoms with E-state index in [4.69, 9.17) is 14.2 Å². The van der Waals surface area contributed by atoms with Crippen molar-refractivity contribution in [2.24, 2.45) is 11.8 Å². The first-order valence-corrected chi connectivity index (χ1v) is 7.84. The second-order valence-corrected chi connectivity index (χ2v) is 7.27. The smallest absolute Gasteiger partial charge is 0.334 e. The van der Waals surface area contributed by atoms with E-state index >= 15 is 0 Å². The largest absolute Gasteiger partial charge is 0.461 e. The third-order valence-corrected chi connectivity index (χ3v) is 5.97. The number of rotatable bonds is 1. The standard InChI is InChI=1S/C17H20O6/c1-7-5-10(21-9(3)18)12-8(2)15(19)22-13(12)14-16(4)11(23-16)6-17(7,14)20/h10-14,20H,1-2,5-6H2,3-4H3/t10-,11+,12+,13-,14-,16+,17-/m0/s1. The van der Waals surface area contributed by atoms with Crippen LogP contribution in [0.4, 0.5) is 0 Å². The molecule has 1 N–H and O–H groups in total. The maximum absolute atomic E-state index is 12.1. The quantitative estimate of drug-likeness (QED) is 0.334. The highest BCUT2D eigenvalue weighted by Crippen LogP contribution is 2.65. The van der Waals surface area contributed by atoms with Gasteiger partial charge in [0.15, 0.2) is 0 Å². The fourth-order valence-corrected chi connectivity index (χ4v) is 4.83. The van der Waals surface area contributed by atoms with E-state index in [9.17, 15) is 14.7 Å². The number of ether oxygens (including phenoxy) is 3. The number of carbonyl (C=O) groups excluding carboxylic acids is 2. The molecule has 4 fully saturated rings. The number of epoxide rings is 1. The van der Waals surface area contributed by atoms with Gasteiger partial charge in [-0.15, -0.1) is 0 Å². The van der Waals surface area contributed by atoms with Gasteiger partial charge < -0.3 is 19.3 Å². The van der Waals surface area contributed by atoms with Crippen molar-refractivity contribution >= 4 is 11.9 Å². The monoisotopic (exact) mass is 320 g/mol. The summed E-state index contributed by atoms with van der Waals surface area (Å²) in [4.78, 5) is 23.6. The SMILES string of the molecule is C=C1C(=O)O[C@H]2[C@H]1[C@@H](OC(C)=O)CC(=C)[C@@]1(O)C[C@H]3O[C@@]3(C)[C@H]21. The molecule has 124 valence electrons. The van der Waals surface area contributed by atoms with Crippen molar-refractivity contribution in [3.63, 3.8) is 0 Å². The molecule has 23 heavy (non-hydrogen) atoms. The average Bonchev–Trinajstić information content (AvgIpc) is 2.89. The Morgan fingerprint density at radius 2 is 2.13 bits per heavy atom. The van der Waals surface area contributed by atoms with Gasteiger partial charge in [-0.3, -0.25) is 4.79 Å². The van der Waals surface area contributed by atoms with Crippen LogP contribution in [-0.4, -0.2) is 46.6 Å². The summed E-state index contributed by atoms with van der Waals surface area (Å²) in [7, 11) is 0. The first kappa shape index (κ1) is 14.9. The van der Waals surface area contributed by atoms with E-state index in [1.54, 1.807) is 0 Å². The molecule has 7 atom stereocenters. The zero-order chi connectivity index (χ0) is 16.7. The fourth-order valence-electron chi connectivity index (χ4n) is 4.83. The van der Waals surface area contributed by atoms with Crippen LogP contribution in [0.15, 0.2) is 24.3 Å². The van der Waals surface area contributed by atoms with Crippen LogP contribution < -0.4 is 0 Å². The zero-order valence-electron chi connectivity index (χ0n) is 13.2. The van der Waals surface area contributed by atoms with Gasteiger partial charge in [0, 0.05) is 25.3 Å². The molecular weight excluding hydrogens is 300 g/mol. The molecule has 0 bridgehead atoms. The van der Waals surface area contributed by atoms with Crippen molar-refractivity contribution in [2.75, 3.05) is 0 Å². The van der Waals surface area contributed by atoms with Crippen molar-refractivity contribution in [3.05, 3.63) is 24.3 Å². The van der Waals surface area contributed by atoms with E-state index in [0.717, 1.165) is 0 Å². The Kier molecular flexibility index (Phi) is 2.75. The van der Waals surface area contributed by atoms with Crippen LogP contribution >= 0.6 is 0 Å². The minimum atomic E-state index is -1.18. The van der Waals surface area contributed by atoms with Gasteiger partial charge in [0.1, 0.15) is 17.8 Å². The fraction of sp³-hybridized carbons (Fsp3) is 0.647. The van der Waals surface area contributed by atoms with Gasteiger partial charge in [0.05, 0.1) is 23.5 Å². The minimum absolute atomic E-state index is 0.0623. The molecule has 0 radical (unpaired) electrons. The van der Waals surface area contributed by atoms with Gasteiger partial charge in [-0.2, -0.15) is 0 Å². The molecular formula is C17H20O6. The van der Waals surface area contributed by atoms with Crippen molar-refractivity contribution in [1.82, 2.24) is 0 Å². The van der Waals surface area contributed by atoms with Crippen LogP contribution in [0, 0.1) is 11.8 Å². The third kappa shape index (κ3) is 1.76. The second-order valence-electron chi connectivity index (χ2n) is 7.27. The lowest BCUT2D eigenvalue weighted by Gasteiger charge is -2.37. The molecule has 4 aliphatic rings. The summed E-state index contributed by atoms with van der Waals surface area (Å²) in [5.74, 6) is -1.86. The van der Waals surface area contributed by atoms with E-state index in [-0.39, 0.29) is 18.1 Å². The van der Waals surface area contributed by atoms with E-state index in [1.165, 1.54) is 6.92 Å². The Hall–Kier alpha value is -1.66. The van der Waals surface area contributed by atoms with Gasteiger partial charge in [-0.1, -0.05) is 13.2 Å². The molecule has 0 aromatic carbocycles. The van der Waals surface area contributed by atoms with Crippen LogP contribution in [0.3, 0.4) is 0 Å². The molecule has 2 aliphatic carbocycles. The van der Waals surface area contributed by atoms with E-state index in [2.05, 4.69) is 13.2 Å². The van der Waals surface area contributed by atoms with Crippen LogP contribution in [0.5, 0.6) is 0 Å². The highest BCUT2D eigenvalue weighted by molar-refractivity contribution is 5.91. The van der Waals surface area contributed by atoms with E-state index in [0.29, 0.717) is 12.0 Å². The molecule has 2 saturated heterocycles. The molecule has 2 aliphatic heterocycles. The predicted molar refractivity (Wildman–Crippen MR) is 78.2 cm³/mol. The minimum Gasteiger partial charge on any atom is -0.461 e. The molecule has 6 heteroatoms. The maximum atomic E-state index is 12.1. The Balaban J connectivity index is 1.81. The average molecular weight is 320 g/mol. The molecule has 0 unspecified atom stereocenters. The molecule has 0 amide bonds. The number of esters is 2. The molecule has 0 aromatic heterocycles. The number of carbonyl (C=O) groups is 2. The summed E-state index contributed by atoms with van der Waals surface area (Å²) in [6.07, 6.45) is -0.590. The van der Waals surface area contributed by atoms with Gasteiger partial charge in [-0.05, 0) is 12.5 Å². The summed E-state index contributed by atoms with van der Waals surface area (Å²) >= 11 is 0. The number of hydrogen-bond donors (Lipinski definition) is 1. The highest BCUT2D eigenvalue weighted by atomic mass is 16.6. The number of hydrogen-bond acceptors (Lipinski definition) is 6. The summed E-state index contributed by atoms with van der Waals surface area (Å²) in [5.41, 5.74) is -0.841. The Morgan fingerprint density at radius 1 is 1.43 bits per heavy atom. The normalized spacial score (nSPS) is 50.6. The number of aliphatic hydroxyl groups is 1. The second kappa shape index (κ2) is 4.24. The Labute approximate surface area is 134 Å². The topological polar surface area (TPSA) is 85.4 Å². The molecule has 0 spiro atoms. The van der Waals surface area contributed by atoms with Crippen molar-refractivity contribution in [2.45, 2.75) is 56.2 Å². The molecule has 0 aromatic rings. The lowest BCUT2D eigenvalue weighted by Crippen LogP contribution is -2.49. The zero-order valence-corrected chi connectivity index (χ0v) is 13.2. The van der Waals surface area contributed by atoms with Crippen molar-refractivity contribution in [3.8, 4) is 0 Å². The van der Waals surface area contributed by atoms with E-state index in [1.807, 2.05) is 6.92 Å². The van der Waals surface area contributed by atoms with Crippen LogP contribution in [0.1, 0.15) is 26.7 Å². The Bertz CT molecular complexity index is 653. The van der Waals surface area contributed by atoms with Gasteiger partial charge >= 0.3 is 11.9 Å². The van der Waals surface area contributed by atoms with Crippen LogP contribution in [0.25, 0.3) is 0 Å². The van der Waals surface area contributed by atoms with Crippen LogP contribution in [-0.2, 0) is 23.8 Å². The molecule has 6 nitrogen and oxygen atoms in total. The third-order valence-electron chi connectivity index (χ3n) is 5.97. The summed E-state index contributed by atoms with van der Waals surface area (Å²) in [5, 5.41) is 11.3. The van der Waals surface area contributed by atoms with Gasteiger partial charge in [0.2, 0.25) is 0 Å². The van der Waals surface area contributed by atoms with Crippen molar-refractivity contribution < 1.29 is 28.9 Å². The van der Waals surface area contributed by atoms with Crippen LogP contribution in [0.2, 0.25) is 0 Å². The first-order valence-electron chi connectivity index (χ1n) is 7.84. The predicted octanol–water partition coefficient (Wildman–Crippen LogP) is 0.884. The summed E-state index contributed by atoms with van der Waals surface area (Å²) < 4.78 is 16.7. The maximum Gasteiger partial charge on any atom is 0.334 e. The summed E-state index contributed by atoms with van der Waals surface area (Å²) in [6, 6.07) is 0. The van der Waals surface area contributed by atoms with Gasteiger partial charge in [-0.25, -0.2) is 4.79 Å². The lowest BCUT2D eigenvalue weighted by atomic mass is 9.75. The summed E-state index contributed by atoms with van der Waals surface area (Å²) in [6.45, 7) is 11.1. The first-order chi connectivity index (χ1) is 10.7. The lowest BCUT2D eigenvalue weighted by molar-refractivity contribution is -0.153. The molecule has 2 saturated carbocycles. The molecule has 2 heterocycles. The van der Waals surface area contributed by atoms with E-state index < -0.39 is 47.2 Å². The van der Waals surface area contributed by atoms with Crippen molar-refractivity contribution in [1.29, 1.82) is 0 Å². The highest BCUT2D eigenvalue weighted by Gasteiger charge is 2.77. The number of fused-ring (bicyclic) bond motifs is 5. The Morgan fingerprint density at radius 3 is 2.78 bits per heavy atom.